The summed E-state index contributed by atoms with van der Waals surface area (Å²) in [5.74, 6) is 0.730. The second-order valence-corrected chi connectivity index (χ2v) is 5.57. The van der Waals surface area contributed by atoms with Gasteiger partial charge in [0.1, 0.15) is 11.6 Å². The molecule has 148 valence electrons. The van der Waals surface area contributed by atoms with E-state index in [0.29, 0.717) is 18.2 Å². The van der Waals surface area contributed by atoms with E-state index in [2.05, 4.69) is 26.1 Å². The van der Waals surface area contributed by atoms with Crippen LogP contribution in [0.2, 0.25) is 0 Å². The second kappa shape index (κ2) is 11.5. The molecule has 0 spiro atoms. The average molecular weight is 489 g/mol. The fourth-order valence-electron chi connectivity index (χ4n) is 2.43. The highest BCUT2D eigenvalue weighted by atomic mass is 127. The third-order valence-electron chi connectivity index (χ3n) is 3.81. The van der Waals surface area contributed by atoms with Gasteiger partial charge >= 0.3 is 0 Å². The number of carbonyl (C=O) groups is 1. The number of nitrogens with one attached hydrogen (secondary N) is 3. The molecule has 3 N–H and O–H groups in total. The molecule has 0 bridgehead atoms. The highest BCUT2D eigenvalue weighted by Gasteiger charge is 2.14. The number of amides is 1. The zero-order valence-electron chi connectivity index (χ0n) is 15.6. The number of anilines is 1. The molecule has 0 atom stereocenters. The Morgan fingerprint density at radius 3 is 2.48 bits per heavy atom. The van der Waals surface area contributed by atoms with Gasteiger partial charge in [-0.2, -0.15) is 0 Å². The normalized spacial score (nSPS) is 10.9. The first-order chi connectivity index (χ1) is 12.6. The molecule has 0 saturated heterocycles. The van der Waals surface area contributed by atoms with Crippen molar-refractivity contribution < 1.29 is 13.7 Å². The van der Waals surface area contributed by atoms with Crippen molar-refractivity contribution in [1.82, 2.24) is 15.8 Å². The number of aryl methyl sites for hydroxylation is 2. The van der Waals surface area contributed by atoms with Crippen LogP contribution >= 0.6 is 24.0 Å². The summed E-state index contributed by atoms with van der Waals surface area (Å²) >= 11 is 0. The molecule has 9 heteroatoms. The van der Waals surface area contributed by atoms with Crippen molar-refractivity contribution in [2.24, 2.45) is 4.99 Å². The van der Waals surface area contributed by atoms with Crippen LogP contribution in [0, 0.1) is 5.82 Å². The Hall–Kier alpha value is -2.17. The molecule has 0 aliphatic rings. The Morgan fingerprint density at radius 2 is 1.89 bits per heavy atom. The summed E-state index contributed by atoms with van der Waals surface area (Å²) in [5, 5.41) is 12.8. The van der Waals surface area contributed by atoms with Crippen LogP contribution in [0.4, 0.5) is 10.1 Å². The molecule has 7 nitrogen and oxygen atoms in total. The lowest BCUT2D eigenvalue weighted by Gasteiger charge is -2.12. The molecule has 2 aromatic rings. The topological polar surface area (TPSA) is 91.6 Å². The van der Waals surface area contributed by atoms with Gasteiger partial charge in [-0.25, -0.2) is 4.39 Å². The van der Waals surface area contributed by atoms with E-state index in [4.69, 9.17) is 4.52 Å². The van der Waals surface area contributed by atoms with Gasteiger partial charge in [0.15, 0.2) is 5.96 Å². The lowest BCUT2D eigenvalue weighted by molar-refractivity contribution is -0.115. The molecule has 1 heterocycles. The average Bonchev–Trinajstić information content (AvgIpc) is 3.05. The van der Waals surface area contributed by atoms with Gasteiger partial charge in [0, 0.05) is 31.3 Å². The van der Waals surface area contributed by atoms with Gasteiger partial charge in [0.2, 0.25) is 5.91 Å². The van der Waals surface area contributed by atoms with Crippen LogP contribution in [0.25, 0.3) is 0 Å². The first kappa shape index (κ1) is 22.9. The smallest absolute Gasteiger partial charge is 0.243 e. The lowest BCUT2D eigenvalue weighted by Crippen LogP contribution is -2.41. The standard InChI is InChI=1S/C18H24FN5O2.HI/c1-4-15-14(16(5-2)26-24-15)10-21-18(20-3)22-11-17(25)23-13-8-6-12(19)7-9-13;/h6-9H,4-5,10-11H2,1-3H3,(H,23,25)(H2,20,21,22);1H. The maximum atomic E-state index is 12.9. The highest BCUT2D eigenvalue weighted by molar-refractivity contribution is 14.0. The maximum absolute atomic E-state index is 12.9. The summed E-state index contributed by atoms with van der Waals surface area (Å²) < 4.78 is 18.2. The largest absolute Gasteiger partial charge is 0.361 e. The van der Waals surface area contributed by atoms with Crippen LogP contribution in [0.5, 0.6) is 0 Å². The SMILES string of the molecule is CCc1noc(CC)c1CNC(=NC)NCC(=O)Nc1ccc(F)cc1.I. The van der Waals surface area contributed by atoms with E-state index in [1.807, 2.05) is 13.8 Å². The summed E-state index contributed by atoms with van der Waals surface area (Å²) in [6.45, 7) is 4.57. The molecule has 0 fully saturated rings. The van der Waals surface area contributed by atoms with Gasteiger partial charge in [-0.3, -0.25) is 9.79 Å². The molecule has 0 aliphatic carbocycles. The number of guanidine groups is 1. The van der Waals surface area contributed by atoms with Gasteiger partial charge in [-0.15, -0.1) is 24.0 Å². The third kappa shape index (κ3) is 6.81. The Labute approximate surface area is 175 Å². The van der Waals surface area contributed by atoms with E-state index < -0.39 is 0 Å². The fourth-order valence-corrected chi connectivity index (χ4v) is 2.43. The second-order valence-electron chi connectivity index (χ2n) is 5.57. The van der Waals surface area contributed by atoms with E-state index in [1.165, 1.54) is 24.3 Å². The molecular formula is C18H25FIN5O2. The van der Waals surface area contributed by atoms with Crippen LogP contribution in [0.3, 0.4) is 0 Å². The van der Waals surface area contributed by atoms with Gasteiger partial charge in [0.25, 0.3) is 0 Å². The number of aromatic nitrogens is 1. The van der Waals surface area contributed by atoms with Gasteiger partial charge in [-0.1, -0.05) is 19.0 Å². The molecule has 0 unspecified atom stereocenters. The van der Waals surface area contributed by atoms with Gasteiger partial charge in [0.05, 0.1) is 12.2 Å². The number of halogens is 2. The molecular weight excluding hydrogens is 464 g/mol. The van der Waals surface area contributed by atoms with E-state index >= 15 is 0 Å². The summed E-state index contributed by atoms with van der Waals surface area (Å²) in [4.78, 5) is 16.1. The highest BCUT2D eigenvalue weighted by Crippen LogP contribution is 2.15. The summed E-state index contributed by atoms with van der Waals surface area (Å²) in [6.07, 6.45) is 1.54. The minimum absolute atomic E-state index is 0. The molecule has 27 heavy (non-hydrogen) atoms. The number of nitrogens with zero attached hydrogens (tertiary/aromatic N) is 2. The van der Waals surface area contributed by atoms with Gasteiger partial charge < -0.3 is 20.5 Å². The zero-order chi connectivity index (χ0) is 18.9. The van der Waals surface area contributed by atoms with Crippen LogP contribution < -0.4 is 16.0 Å². The van der Waals surface area contributed by atoms with E-state index in [0.717, 1.165) is 29.9 Å². The van der Waals surface area contributed by atoms with Crippen LogP contribution in [-0.2, 0) is 24.2 Å². The zero-order valence-corrected chi connectivity index (χ0v) is 18.0. The van der Waals surface area contributed by atoms with Crippen molar-refractivity contribution >= 4 is 41.5 Å². The molecule has 1 aromatic heterocycles. The molecule has 0 saturated carbocycles. The predicted molar refractivity (Wildman–Crippen MR) is 114 cm³/mol. The van der Waals surface area contributed by atoms with E-state index in [-0.39, 0.29) is 42.2 Å². The Balaban J connectivity index is 0.00000364. The summed E-state index contributed by atoms with van der Waals surface area (Å²) in [7, 11) is 1.63. The number of rotatable bonds is 7. The third-order valence-corrected chi connectivity index (χ3v) is 3.81. The van der Waals surface area contributed by atoms with Crippen LogP contribution in [0.1, 0.15) is 30.9 Å². The Morgan fingerprint density at radius 1 is 1.19 bits per heavy atom. The number of aliphatic imine (C=N–C) groups is 1. The maximum Gasteiger partial charge on any atom is 0.243 e. The minimum Gasteiger partial charge on any atom is -0.361 e. The molecule has 2 rings (SSSR count). The van der Waals surface area contributed by atoms with Crippen molar-refractivity contribution in [2.45, 2.75) is 33.2 Å². The lowest BCUT2D eigenvalue weighted by atomic mass is 10.1. The summed E-state index contributed by atoms with van der Waals surface area (Å²) in [6, 6.07) is 5.59. The Bertz CT molecular complexity index is 740. The van der Waals surface area contributed by atoms with Crippen molar-refractivity contribution in [1.29, 1.82) is 0 Å². The minimum atomic E-state index is -0.350. The first-order valence-electron chi connectivity index (χ1n) is 8.53. The Kier molecular flexibility index (Phi) is 9.76. The number of hydrogen-bond donors (Lipinski definition) is 3. The van der Waals surface area contributed by atoms with Crippen molar-refractivity contribution in [3.05, 3.63) is 47.1 Å². The number of hydrogen-bond acceptors (Lipinski definition) is 4. The van der Waals surface area contributed by atoms with Crippen LogP contribution in [-0.4, -0.2) is 30.6 Å². The molecule has 0 aliphatic heterocycles. The molecule has 0 radical (unpaired) electrons. The van der Waals surface area contributed by atoms with Crippen LogP contribution in [0.15, 0.2) is 33.8 Å². The first-order valence-corrected chi connectivity index (χ1v) is 8.53. The number of benzene rings is 1. The van der Waals surface area contributed by atoms with Crippen molar-refractivity contribution in [3.8, 4) is 0 Å². The van der Waals surface area contributed by atoms with Crippen molar-refractivity contribution in [3.63, 3.8) is 0 Å². The summed E-state index contributed by atoms with van der Waals surface area (Å²) in [5.41, 5.74) is 2.47. The monoisotopic (exact) mass is 489 g/mol. The molecule has 1 amide bonds. The predicted octanol–water partition coefficient (Wildman–Crippen LogP) is 2.86. The molecule has 1 aromatic carbocycles. The van der Waals surface area contributed by atoms with Crippen molar-refractivity contribution in [2.75, 3.05) is 18.9 Å². The van der Waals surface area contributed by atoms with E-state index in [1.54, 1.807) is 7.05 Å². The van der Waals surface area contributed by atoms with Gasteiger partial charge in [-0.05, 0) is 30.7 Å². The quantitative estimate of drug-likeness (QED) is 0.316. The number of carbonyl (C=O) groups excluding carboxylic acids is 1. The van der Waals surface area contributed by atoms with E-state index in [9.17, 15) is 9.18 Å². The fraction of sp³-hybridized carbons (Fsp3) is 0.389.